The first-order chi connectivity index (χ1) is 5.15. The summed E-state index contributed by atoms with van der Waals surface area (Å²) < 4.78 is 0. The molecule has 6 heteroatoms. The summed E-state index contributed by atoms with van der Waals surface area (Å²) in [7, 11) is 1.51. The van der Waals surface area contributed by atoms with Crippen molar-refractivity contribution in [1.29, 1.82) is 0 Å². The van der Waals surface area contributed by atoms with E-state index in [2.05, 4.69) is 27.9 Å². The van der Waals surface area contributed by atoms with E-state index in [1.54, 1.807) is 0 Å². The minimum Gasteiger partial charge on any atom is -0.480 e. The zero-order valence-corrected chi connectivity index (χ0v) is 6.55. The first-order valence-corrected chi connectivity index (χ1v) is 3.24. The molecule has 1 atom stereocenters. The molecule has 0 saturated heterocycles. The van der Waals surface area contributed by atoms with Crippen molar-refractivity contribution in [3.63, 3.8) is 0 Å². The number of rotatable bonds is 1. The van der Waals surface area contributed by atoms with Crippen LogP contribution in [0.15, 0.2) is 4.99 Å². The number of thiocarbonyl (C=S) groups is 1. The van der Waals surface area contributed by atoms with Crippen LogP contribution in [0.1, 0.15) is 0 Å². The number of urea groups is 1. The molecule has 1 aliphatic rings. The predicted molar refractivity (Wildman–Crippen MR) is 42.7 cm³/mol. The lowest BCUT2D eigenvalue weighted by Gasteiger charge is -2.25. The number of nitrogens with one attached hydrogen (secondary N) is 1. The molecule has 11 heavy (non-hydrogen) atoms. The van der Waals surface area contributed by atoms with Gasteiger partial charge in [0.25, 0.3) is 6.02 Å². The number of hydrogen-bond acceptors (Lipinski definition) is 3. The topological polar surface area (TPSA) is 64.9 Å². The van der Waals surface area contributed by atoms with Gasteiger partial charge in [0.15, 0.2) is 6.17 Å². The van der Waals surface area contributed by atoms with Crippen LogP contribution in [-0.2, 0) is 0 Å². The van der Waals surface area contributed by atoms with Crippen LogP contribution in [0, 0.1) is 0 Å². The summed E-state index contributed by atoms with van der Waals surface area (Å²) in [5.41, 5.74) is 0. The molecule has 0 bridgehead atoms. The molecule has 2 amide bonds. The summed E-state index contributed by atoms with van der Waals surface area (Å²) in [6.07, 6.45) is -0.668. The number of nitrogens with zero attached hydrogens (tertiary/aromatic N) is 2. The Balaban J connectivity index is 2.86. The molecule has 0 fully saturated rings. The monoisotopic (exact) mass is 172 g/mol. The highest BCUT2D eigenvalue weighted by atomic mass is 32.1. The normalized spacial score (nSPS) is 24.1. The fraction of sp³-hybridized carbons (Fsp3) is 0.400. The molecule has 1 radical (unpaired) electrons. The number of aliphatic hydroxyl groups excluding tert-OH is 1. The molecule has 0 aliphatic carbocycles. The van der Waals surface area contributed by atoms with Gasteiger partial charge in [0, 0.05) is 7.05 Å². The number of amidine groups is 1. The second-order valence-electron chi connectivity index (χ2n) is 1.99. The van der Waals surface area contributed by atoms with Gasteiger partial charge >= 0.3 is 6.03 Å². The van der Waals surface area contributed by atoms with Crippen LogP contribution in [0.4, 0.5) is 4.79 Å². The third-order valence-corrected chi connectivity index (χ3v) is 1.47. The van der Waals surface area contributed by atoms with Gasteiger partial charge in [-0.05, 0) is 0 Å². The van der Waals surface area contributed by atoms with Gasteiger partial charge in [-0.15, -0.1) is 0 Å². The average molecular weight is 172 g/mol. The SMILES string of the molecule is CN1C(=O)NC(O)=NC1[C]=S. The van der Waals surface area contributed by atoms with Crippen LogP contribution in [-0.4, -0.2) is 40.6 Å². The number of hydrogen-bond donors (Lipinski definition) is 2. The van der Waals surface area contributed by atoms with Crippen molar-refractivity contribution in [3.05, 3.63) is 0 Å². The Labute approximate surface area is 68.7 Å². The minimum absolute atomic E-state index is 0.421. The number of aliphatic imine (C=N–C) groups is 1. The van der Waals surface area contributed by atoms with Gasteiger partial charge in [-0.25, -0.2) is 9.79 Å². The molecule has 0 saturated carbocycles. The lowest BCUT2D eigenvalue weighted by Crippen LogP contribution is -2.50. The van der Waals surface area contributed by atoms with Crippen molar-refractivity contribution in [3.8, 4) is 0 Å². The molecule has 0 aromatic heterocycles. The standard InChI is InChI=1S/C5H6N3O2S/c1-8-3(2-11)6-4(9)7-5(8)10/h3H,1H3,(H2,6,7,9,10). The van der Waals surface area contributed by atoms with E-state index in [1.807, 2.05) is 0 Å². The Morgan fingerprint density at radius 1 is 1.91 bits per heavy atom. The number of carbonyl (C=O) groups is 1. The third kappa shape index (κ3) is 1.45. The third-order valence-electron chi connectivity index (χ3n) is 1.26. The van der Waals surface area contributed by atoms with Gasteiger partial charge in [-0.3, -0.25) is 5.32 Å². The molecule has 0 aromatic rings. The molecule has 0 aromatic carbocycles. The quantitative estimate of drug-likeness (QED) is 0.536. The van der Waals surface area contributed by atoms with E-state index < -0.39 is 18.2 Å². The van der Waals surface area contributed by atoms with Crippen LogP contribution >= 0.6 is 12.2 Å². The van der Waals surface area contributed by atoms with Crippen LogP contribution in [0.2, 0.25) is 0 Å². The predicted octanol–water partition coefficient (Wildman–Crippen LogP) is -0.242. The van der Waals surface area contributed by atoms with Gasteiger partial charge in [0.2, 0.25) is 0 Å². The molecule has 5 nitrogen and oxygen atoms in total. The van der Waals surface area contributed by atoms with Gasteiger partial charge in [-0.2, -0.15) is 0 Å². The number of amides is 2. The van der Waals surface area contributed by atoms with Crippen molar-refractivity contribution in [2.75, 3.05) is 7.05 Å². The molecule has 2 N–H and O–H groups in total. The lowest BCUT2D eigenvalue weighted by atomic mass is 10.5. The molecular formula is C5H6N3O2S. The molecule has 1 heterocycles. The summed E-state index contributed by atoms with van der Waals surface area (Å²) in [6.45, 7) is 0. The minimum atomic E-state index is -0.668. The van der Waals surface area contributed by atoms with Gasteiger partial charge < -0.3 is 10.0 Å². The first-order valence-electron chi connectivity index (χ1n) is 2.83. The van der Waals surface area contributed by atoms with E-state index in [-0.39, 0.29) is 0 Å². The Morgan fingerprint density at radius 3 is 3.09 bits per heavy atom. The summed E-state index contributed by atoms with van der Waals surface area (Å²) >= 11 is 4.47. The maximum Gasteiger partial charge on any atom is 0.327 e. The van der Waals surface area contributed by atoms with Crippen molar-refractivity contribution in [1.82, 2.24) is 10.2 Å². The molecule has 1 aliphatic heterocycles. The maximum absolute atomic E-state index is 10.9. The summed E-state index contributed by atoms with van der Waals surface area (Å²) in [4.78, 5) is 15.7. The Hall–Kier alpha value is -1.17. The van der Waals surface area contributed by atoms with E-state index in [1.165, 1.54) is 11.9 Å². The summed E-state index contributed by atoms with van der Waals surface area (Å²) in [5.74, 6) is 0. The Kier molecular flexibility index (Phi) is 2.04. The highest BCUT2D eigenvalue weighted by molar-refractivity contribution is 7.79. The van der Waals surface area contributed by atoms with Crippen molar-refractivity contribution in [2.45, 2.75) is 6.17 Å². The Morgan fingerprint density at radius 2 is 2.55 bits per heavy atom. The van der Waals surface area contributed by atoms with Crippen LogP contribution in [0.5, 0.6) is 0 Å². The largest absolute Gasteiger partial charge is 0.480 e. The fourth-order valence-electron chi connectivity index (χ4n) is 0.635. The van der Waals surface area contributed by atoms with Crippen molar-refractivity contribution >= 4 is 29.6 Å². The van der Waals surface area contributed by atoms with Gasteiger partial charge in [0.1, 0.15) is 0 Å². The molecule has 1 unspecified atom stereocenters. The summed E-state index contributed by atoms with van der Waals surface area (Å²) in [6, 6.07) is -0.865. The molecular weight excluding hydrogens is 166 g/mol. The van der Waals surface area contributed by atoms with E-state index in [9.17, 15) is 4.79 Å². The maximum atomic E-state index is 10.9. The van der Waals surface area contributed by atoms with Crippen LogP contribution < -0.4 is 5.32 Å². The van der Waals surface area contributed by atoms with Crippen molar-refractivity contribution < 1.29 is 9.90 Å². The smallest absolute Gasteiger partial charge is 0.327 e. The van der Waals surface area contributed by atoms with Gasteiger partial charge in [-0.1, -0.05) is 12.2 Å². The molecule has 1 rings (SSSR count). The van der Waals surface area contributed by atoms with Crippen molar-refractivity contribution in [2.24, 2.45) is 4.99 Å². The zero-order valence-electron chi connectivity index (χ0n) is 5.74. The van der Waals surface area contributed by atoms with E-state index in [4.69, 9.17) is 5.11 Å². The van der Waals surface area contributed by atoms with Gasteiger partial charge in [0.05, 0.1) is 5.37 Å². The second-order valence-corrected chi connectivity index (χ2v) is 2.22. The highest BCUT2D eigenvalue weighted by Crippen LogP contribution is 2.00. The highest BCUT2D eigenvalue weighted by Gasteiger charge is 2.23. The molecule has 59 valence electrons. The van der Waals surface area contributed by atoms with E-state index >= 15 is 0 Å². The average Bonchev–Trinajstić information content (AvgIpc) is 1.96. The number of aliphatic hydroxyl groups is 1. The van der Waals surface area contributed by atoms with Crippen LogP contribution in [0.25, 0.3) is 0 Å². The molecule has 0 spiro atoms. The zero-order chi connectivity index (χ0) is 8.43. The second kappa shape index (κ2) is 2.83. The summed E-state index contributed by atoms with van der Waals surface area (Å²) in [5, 5.41) is 13.2. The van der Waals surface area contributed by atoms with Crippen LogP contribution in [0.3, 0.4) is 0 Å². The van der Waals surface area contributed by atoms with E-state index in [0.29, 0.717) is 0 Å². The lowest BCUT2D eigenvalue weighted by molar-refractivity contribution is 0.202. The first kappa shape index (κ1) is 7.93. The number of carbonyl (C=O) groups excluding carboxylic acids is 1. The Bertz CT molecular complexity index is 228. The fourth-order valence-corrected chi connectivity index (χ4v) is 0.846. The van der Waals surface area contributed by atoms with E-state index in [0.717, 1.165) is 0 Å².